The molecular weight excluding hydrogens is 224 g/mol. The number of ether oxygens (including phenoxy) is 1. The van der Waals surface area contributed by atoms with Gasteiger partial charge in [-0.05, 0) is 39.8 Å². The van der Waals surface area contributed by atoms with E-state index in [9.17, 15) is 0 Å². The van der Waals surface area contributed by atoms with Gasteiger partial charge in [0.25, 0.3) is 0 Å². The Labute approximate surface area is 111 Å². The lowest BCUT2D eigenvalue weighted by Crippen LogP contribution is -2.41. The lowest BCUT2D eigenvalue weighted by Gasteiger charge is -2.24. The highest BCUT2D eigenvalue weighted by Crippen LogP contribution is 2.20. The molecule has 0 radical (unpaired) electrons. The molecule has 3 heteroatoms. The summed E-state index contributed by atoms with van der Waals surface area (Å²) in [6.07, 6.45) is 0.154. The number of nitrogens with one attached hydrogen (secondary N) is 1. The van der Waals surface area contributed by atoms with Crippen molar-refractivity contribution in [3.63, 3.8) is 0 Å². The van der Waals surface area contributed by atoms with E-state index >= 15 is 0 Å². The molecule has 3 nitrogen and oxygen atoms in total. The topological polar surface area (TPSA) is 24.5 Å². The summed E-state index contributed by atoms with van der Waals surface area (Å²) in [5.41, 5.74) is 1.28. The number of nitrogens with zero attached hydrogens (tertiary/aromatic N) is 1. The molecule has 0 fully saturated rings. The first-order valence-corrected chi connectivity index (χ1v) is 6.47. The molecule has 102 valence electrons. The number of benzene rings is 1. The minimum Gasteiger partial charge on any atom is -0.489 e. The van der Waals surface area contributed by atoms with Crippen molar-refractivity contribution in [1.82, 2.24) is 5.32 Å². The van der Waals surface area contributed by atoms with Crippen molar-refractivity contribution < 1.29 is 4.74 Å². The standard InChI is InChI=1S/C15H26N2O/c1-12(11-16-15(2,3)4)18-14-9-7-8-13(10-14)17(5)6/h7-10,12,16H,11H2,1-6H3. The molecule has 0 bridgehead atoms. The van der Waals surface area contributed by atoms with E-state index in [-0.39, 0.29) is 11.6 Å². The Balaban J connectivity index is 2.54. The molecule has 0 aliphatic carbocycles. The maximum absolute atomic E-state index is 5.91. The van der Waals surface area contributed by atoms with Gasteiger partial charge in [-0.25, -0.2) is 0 Å². The Morgan fingerprint density at radius 3 is 2.50 bits per heavy atom. The molecule has 1 rings (SSSR count). The van der Waals surface area contributed by atoms with Crippen LogP contribution in [0, 0.1) is 0 Å². The molecule has 0 spiro atoms. The highest BCUT2D eigenvalue weighted by atomic mass is 16.5. The maximum atomic E-state index is 5.91. The first-order chi connectivity index (χ1) is 8.28. The number of hydrogen-bond donors (Lipinski definition) is 1. The summed E-state index contributed by atoms with van der Waals surface area (Å²) in [6, 6.07) is 8.16. The Morgan fingerprint density at radius 1 is 1.28 bits per heavy atom. The van der Waals surface area contributed by atoms with Gasteiger partial charge in [-0.1, -0.05) is 6.07 Å². The average molecular weight is 250 g/mol. The molecule has 1 N–H and O–H groups in total. The van der Waals surface area contributed by atoms with E-state index in [2.05, 4.69) is 50.0 Å². The van der Waals surface area contributed by atoms with E-state index in [1.807, 2.05) is 26.2 Å². The zero-order chi connectivity index (χ0) is 13.8. The first kappa shape index (κ1) is 14.8. The van der Waals surface area contributed by atoms with Gasteiger partial charge in [0.1, 0.15) is 11.9 Å². The summed E-state index contributed by atoms with van der Waals surface area (Å²) in [7, 11) is 4.06. The zero-order valence-electron chi connectivity index (χ0n) is 12.4. The Morgan fingerprint density at radius 2 is 1.94 bits per heavy atom. The second kappa shape index (κ2) is 6.10. The van der Waals surface area contributed by atoms with Gasteiger partial charge in [-0.2, -0.15) is 0 Å². The molecule has 18 heavy (non-hydrogen) atoms. The quantitative estimate of drug-likeness (QED) is 0.869. The Kier molecular flexibility index (Phi) is 5.03. The van der Waals surface area contributed by atoms with Gasteiger partial charge < -0.3 is 15.0 Å². The van der Waals surface area contributed by atoms with Crippen LogP contribution < -0.4 is 15.0 Å². The van der Waals surface area contributed by atoms with Crippen LogP contribution in [0.3, 0.4) is 0 Å². The molecule has 0 saturated heterocycles. The van der Waals surface area contributed by atoms with E-state index < -0.39 is 0 Å². The van der Waals surface area contributed by atoms with Crippen molar-refractivity contribution in [2.45, 2.75) is 39.3 Å². The lowest BCUT2D eigenvalue weighted by molar-refractivity contribution is 0.203. The predicted molar refractivity (Wildman–Crippen MR) is 78.6 cm³/mol. The molecule has 1 atom stereocenters. The molecule has 0 saturated carbocycles. The van der Waals surface area contributed by atoms with E-state index in [1.165, 1.54) is 0 Å². The van der Waals surface area contributed by atoms with Crippen molar-refractivity contribution in [1.29, 1.82) is 0 Å². The summed E-state index contributed by atoms with van der Waals surface area (Å²) >= 11 is 0. The Hall–Kier alpha value is -1.22. The third kappa shape index (κ3) is 5.41. The molecule has 0 aliphatic rings. The van der Waals surface area contributed by atoms with Crippen LogP contribution in [0.4, 0.5) is 5.69 Å². The van der Waals surface area contributed by atoms with Gasteiger partial charge in [0.2, 0.25) is 0 Å². The van der Waals surface area contributed by atoms with Crippen LogP contribution in [0.15, 0.2) is 24.3 Å². The molecule has 0 aliphatic heterocycles. The van der Waals surface area contributed by atoms with Crippen LogP contribution in [0.5, 0.6) is 5.75 Å². The predicted octanol–water partition coefficient (Wildman–Crippen LogP) is 2.91. The second-order valence-electron chi connectivity index (χ2n) is 5.95. The largest absolute Gasteiger partial charge is 0.489 e. The van der Waals surface area contributed by atoms with Crippen LogP contribution in [0.1, 0.15) is 27.7 Å². The fraction of sp³-hybridized carbons (Fsp3) is 0.600. The van der Waals surface area contributed by atoms with E-state index in [0.717, 1.165) is 18.0 Å². The van der Waals surface area contributed by atoms with Gasteiger partial charge in [-0.3, -0.25) is 0 Å². The molecular formula is C15H26N2O. The van der Waals surface area contributed by atoms with Crippen molar-refractivity contribution in [2.24, 2.45) is 0 Å². The molecule has 1 aromatic rings. The van der Waals surface area contributed by atoms with Crippen molar-refractivity contribution in [3.8, 4) is 5.75 Å². The van der Waals surface area contributed by atoms with E-state index in [4.69, 9.17) is 4.74 Å². The maximum Gasteiger partial charge on any atom is 0.121 e. The Bertz CT molecular complexity index is 369. The van der Waals surface area contributed by atoms with Crippen molar-refractivity contribution >= 4 is 5.69 Å². The third-order valence-electron chi connectivity index (χ3n) is 2.59. The van der Waals surface area contributed by atoms with Crippen LogP contribution in [0.2, 0.25) is 0 Å². The van der Waals surface area contributed by atoms with E-state index in [0.29, 0.717) is 0 Å². The van der Waals surface area contributed by atoms with Gasteiger partial charge in [0.15, 0.2) is 0 Å². The lowest BCUT2D eigenvalue weighted by atomic mass is 10.1. The highest BCUT2D eigenvalue weighted by Gasteiger charge is 2.12. The fourth-order valence-electron chi connectivity index (χ4n) is 1.56. The fourth-order valence-corrected chi connectivity index (χ4v) is 1.56. The molecule has 0 heterocycles. The summed E-state index contributed by atoms with van der Waals surface area (Å²) in [4.78, 5) is 2.07. The average Bonchev–Trinajstić information content (AvgIpc) is 2.26. The minimum absolute atomic E-state index is 0.128. The van der Waals surface area contributed by atoms with Gasteiger partial charge in [-0.15, -0.1) is 0 Å². The summed E-state index contributed by atoms with van der Waals surface area (Å²) in [6.45, 7) is 9.40. The van der Waals surface area contributed by atoms with Gasteiger partial charge in [0.05, 0.1) is 0 Å². The summed E-state index contributed by atoms with van der Waals surface area (Å²) < 4.78 is 5.91. The van der Waals surface area contributed by atoms with Crippen molar-refractivity contribution in [3.05, 3.63) is 24.3 Å². The van der Waals surface area contributed by atoms with Crippen LogP contribution in [-0.2, 0) is 0 Å². The molecule has 1 aromatic carbocycles. The van der Waals surface area contributed by atoms with E-state index in [1.54, 1.807) is 0 Å². The monoisotopic (exact) mass is 250 g/mol. The van der Waals surface area contributed by atoms with Crippen LogP contribution in [-0.4, -0.2) is 32.3 Å². The minimum atomic E-state index is 0.128. The SMILES string of the molecule is CC(CNC(C)(C)C)Oc1cccc(N(C)C)c1. The van der Waals surface area contributed by atoms with Crippen LogP contribution >= 0.6 is 0 Å². The van der Waals surface area contributed by atoms with Crippen molar-refractivity contribution in [2.75, 3.05) is 25.5 Å². The number of anilines is 1. The second-order valence-corrected chi connectivity index (χ2v) is 5.95. The van der Waals surface area contributed by atoms with Crippen LogP contribution in [0.25, 0.3) is 0 Å². The molecule has 0 aromatic heterocycles. The smallest absolute Gasteiger partial charge is 0.121 e. The molecule has 0 amide bonds. The summed E-state index contributed by atoms with van der Waals surface area (Å²) in [5.74, 6) is 0.921. The number of hydrogen-bond acceptors (Lipinski definition) is 3. The van der Waals surface area contributed by atoms with Gasteiger partial charge >= 0.3 is 0 Å². The molecule has 1 unspecified atom stereocenters. The summed E-state index contributed by atoms with van der Waals surface area (Å²) in [5, 5.41) is 3.44. The third-order valence-corrected chi connectivity index (χ3v) is 2.59. The first-order valence-electron chi connectivity index (χ1n) is 6.47. The highest BCUT2D eigenvalue weighted by molar-refractivity contribution is 5.49. The number of rotatable bonds is 5. The zero-order valence-corrected chi connectivity index (χ0v) is 12.4. The van der Waals surface area contributed by atoms with Gasteiger partial charge in [0, 0.05) is 37.9 Å². The normalized spacial score (nSPS) is 13.2.